The van der Waals surface area contributed by atoms with Crippen LogP contribution in [0.3, 0.4) is 0 Å². The van der Waals surface area contributed by atoms with Gasteiger partial charge in [0.25, 0.3) is 0 Å². The quantitative estimate of drug-likeness (QED) is 0.761. The third-order valence-electron chi connectivity index (χ3n) is 4.64. The van der Waals surface area contributed by atoms with E-state index < -0.39 is 0 Å². The molecule has 3 rings (SSSR count). The third kappa shape index (κ3) is 5.34. The number of aryl methyl sites for hydroxylation is 1. The van der Waals surface area contributed by atoms with Crippen LogP contribution in [-0.2, 0) is 17.1 Å². The topological polar surface area (TPSA) is 41.4 Å². The molecule has 1 aliphatic heterocycles. The van der Waals surface area contributed by atoms with Crippen LogP contribution in [0.2, 0.25) is 0 Å². The zero-order valence-electron chi connectivity index (χ0n) is 14.8. The van der Waals surface area contributed by atoms with Crippen LogP contribution >= 0.6 is 11.8 Å². The minimum Gasteiger partial charge on any atom is -0.339 e. The number of imidazole rings is 1. The molecule has 1 aliphatic rings. The number of piperazine rings is 1. The summed E-state index contributed by atoms with van der Waals surface area (Å²) in [5.74, 6) is 2.80. The molecule has 1 aromatic carbocycles. The van der Waals surface area contributed by atoms with Crippen molar-refractivity contribution in [3.8, 4) is 0 Å². The lowest BCUT2D eigenvalue weighted by atomic mass is 10.2. The highest BCUT2D eigenvalue weighted by Crippen LogP contribution is 2.13. The van der Waals surface area contributed by atoms with Crippen molar-refractivity contribution in [3.05, 3.63) is 54.1 Å². The summed E-state index contributed by atoms with van der Waals surface area (Å²) in [6.45, 7) is 7.62. The molecule has 0 spiro atoms. The Bertz CT molecular complexity index is 665. The van der Waals surface area contributed by atoms with E-state index >= 15 is 0 Å². The van der Waals surface area contributed by atoms with Crippen molar-refractivity contribution in [2.75, 3.05) is 38.5 Å². The minimum atomic E-state index is 0.269. The first-order chi connectivity index (χ1) is 12.2. The summed E-state index contributed by atoms with van der Waals surface area (Å²) in [4.78, 5) is 21.1. The average molecular weight is 359 g/mol. The molecule has 5 nitrogen and oxygen atoms in total. The summed E-state index contributed by atoms with van der Waals surface area (Å²) in [6.07, 6.45) is 3.87. The maximum Gasteiger partial charge on any atom is 0.232 e. The summed E-state index contributed by atoms with van der Waals surface area (Å²) in [5.41, 5.74) is 1.28. The molecule has 0 atom stereocenters. The molecule has 0 saturated carbocycles. The normalized spacial score (nSPS) is 15.5. The molecule has 0 unspecified atom stereocenters. The number of hydrogen-bond acceptors (Lipinski definition) is 4. The Balaban J connectivity index is 1.34. The van der Waals surface area contributed by atoms with E-state index in [1.807, 2.05) is 42.4 Å². The Morgan fingerprint density at radius 1 is 1.12 bits per heavy atom. The zero-order valence-corrected chi connectivity index (χ0v) is 15.6. The van der Waals surface area contributed by atoms with Gasteiger partial charge in [0.1, 0.15) is 5.82 Å². The number of carbonyl (C=O) groups is 1. The lowest BCUT2D eigenvalue weighted by molar-refractivity contribution is -0.130. The van der Waals surface area contributed by atoms with Crippen molar-refractivity contribution in [3.63, 3.8) is 0 Å². The molecule has 2 aromatic rings. The van der Waals surface area contributed by atoms with Gasteiger partial charge in [-0.05, 0) is 12.5 Å². The summed E-state index contributed by atoms with van der Waals surface area (Å²) in [6, 6.07) is 10.3. The second kappa shape index (κ2) is 9.06. The van der Waals surface area contributed by atoms with E-state index in [1.165, 1.54) is 5.56 Å². The molecule has 0 radical (unpaired) electrons. The number of nitrogens with zero attached hydrogens (tertiary/aromatic N) is 4. The molecule has 134 valence electrons. The Labute approximate surface area is 154 Å². The molecule has 0 aliphatic carbocycles. The standard InChI is InChI=1S/C19H26N4OS/c1-17-20-7-8-22(17)12-9-21-10-13-23(14-11-21)19(24)16-25-15-18-5-3-2-4-6-18/h2-8H,9-16H2,1H3. The van der Waals surface area contributed by atoms with Gasteiger partial charge in [-0.2, -0.15) is 0 Å². The predicted molar refractivity (Wildman–Crippen MR) is 103 cm³/mol. The maximum absolute atomic E-state index is 12.4. The van der Waals surface area contributed by atoms with Crippen molar-refractivity contribution >= 4 is 17.7 Å². The molecular weight excluding hydrogens is 332 g/mol. The number of carbonyl (C=O) groups excluding carboxylic acids is 1. The fourth-order valence-electron chi connectivity index (χ4n) is 3.03. The minimum absolute atomic E-state index is 0.269. The number of aromatic nitrogens is 2. The molecule has 1 fully saturated rings. The van der Waals surface area contributed by atoms with Crippen molar-refractivity contribution in [2.24, 2.45) is 0 Å². The Morgan fingerprint density at radius 2 is 1.88 bits per heavy atom. The molecular formula is C19H26N4OS. The van der Waals surface area contributed by atoms with Crippen LogP contribution in [0.1, 0.15) is 11.4 Å². The Kier molecular flexibility index (Phi) is 6.53. The van der Waals surface area contributed by atoms with Crippen LogP contribution in [-0.4, -0.2) is 63.7 Å². The van der Waals surface area contributed by atoms with Crippen molar-refractivity contribution in [2.45, 2.75) is 19.2 Å². The van der Waals surface area contributed by atoms with Gasteiger partial charge in [-0.25, -0.2) is 4.98 Å². The van der Waals surface area contributed by atoms with Gasteiger partial charge in [0.2, 0.25) is 5.91 Å². The number of benzene rings is 1. The number of rotatable bonds is 7. The summed E-state index contributed by atoms with van der Waals surface area (Å²) < 4.78 is 2.18. The molecule has 1 saturated heterocycles. The first kappa shape index (κ1) is 18.0. The molecule has 2 heterocycles. The summed E-state index contributed by atoms with van der Waals surface area (Å²) >= 11 is 1.70. The van der Waals surface area contributed by atoms with Crippen LogP contribution < -0.4 is 0 Å². The van der Waals surface area contributed by atoms with Gasteiger partial charge in [-0.15, -0.1) is 11.8 Å². The van der Waals surface area contributed by atoms with Gasteiger partial charge in [0.05, 0.1) is 5.75 Å². The van der Waals surface area contributed by atoms with E-state index in [0.717, 1.165) is 50.8 Å². The lowest BCUT2D eigenvalue weighted by Gasteiger charge is -2.34. The lowest BCUT2D eigenvalue weighted by Crippen LogP contribution is -2.49. The van der Waals surface area contributed by atoms with Gasteiger partial charge in [0, 0.05) is 57.4 Å². The average Bonchev–Trinajstić information content (AvgIpc) is 3.06. The van der Waals surface area contributed by atoms with Gasteiger partial charge in [-0.1, -0.05) is 30.3 Å². The van der Waals surface area contributed by atoms with Gasteiger partial charge < -0.3 is 9.47 Å². The fourth-order valence-corrected chi connectivity index (χ4v) is 3.92. The van der Waals surface area contributed by atoms with E-state index in [9.17, 15) is 4.79 Å². The predicted octanol–water partition coefficient (Wildman–Crippen LogP) is 2.27. The molecule has 1 aromatic heterocycles. The number of amides is 1. The van der Waals surface area contributed by atoms with Crippen LogP contribution in [0, 0.1) is 6.92 Å². The largest absolute Gasteiger partial charge is 0.339 e. The van der Waals surface area contributed by atoms with E-state index in [1.54, 1.807) is 11.8 Å². The molecule has 0 bridgehead atoms. The SMILES string of the molecule is Cc1nccn1CCN1CCN(C(=O)CSCc2ccccc2)CC1. The Morgan fingerprint density at radius 3 is 2.56 bits per heavy atom. The Hall–Kier alpha value is -1.79. The monoisotopic (exact) mass is 358 g/mol. The van der Waals surface area contributed by atoms with Crippen LogP contribution in [0.15, 0.2) is 42.7 Å². The number of thioether (sulfide) groups is 1. The van der Waals surface area contributed by atoms with E-state index in [-0.39, 0.29) is 5.91 Å². The maximum atomic E-state index is 12.4. The van der Waals surface area contributed by atoms with Gasteiger partial charge >= 0.3 is 0 Å². The third-order valence-corrected chi connectivity index (χ3v) is 5.63. The smallest absolute Gasteiger partial charge is 0.232 e. The second-order valence-electron chi connectivity index (χ2n) is 6.37. The number of hydrogen-bond donors (Lipinski definition) is 0. The van der Waals surface area contributed by atoms with Crippen LogP contribution in [0.5, 0.6) is 0 Å². The highest BCUT2D eigenvalue weighted by Gasteiger charge is 2.20. The van der Waals surface area contributed by atoms with Crippen molar-refractivity contribution < 1.29 is 4.79 Å². The molecule has 0 N–H and O–H groups in total. The van der Waals surface area contributed by atoms with Gasteiger partial charge in [-0.3, -0.25) is 9.69 Å². The summed E-state index contributed by atoms with van der Waals surface area (Å²) in [7, 11) is 0. The molecule has 1 amide bonds. The molecule has 6 heteroatoms. The van der Waals surface area contributed by atoms with E-state index in [0.29, 0.717) is 5.75 Å². The molecule has 25 heavy (non-hydrogen) atoms. The van der Waals surface area contributed by atoms with E-state index in [2.05, 4.69) is 26.6 Å². The van der Waals surface area contributed by atoms with Crippen molar-refractivity contribution in [1.29, 1.82) is 0 Å². The second-order valence-corrected chi connectivity index (χ2v) is 7.35. The van der Waals surface area contributed by atoms with Crippen LogP contribution in [0.25, 0.3) is 0 Å². The van der Waals surface area contributed by atoms with E-state index in [4.69, 9.17) is 0 Å². The zero-order chi connectivity index (χ0) is 17.5. The fraction of sp³-hybridized carbons (Fsp3) is 0.474. The van der Waals surface area contributed by atoms with Gasteiger partial charge in [0.15, 0.2) is 0 Å². The summed E-state index contributed by atoms with van der Waals surface area (Å²) in [5, 5.41) is 0. The highest BCUT2D eigenvalue weighted by atomic mass is 32.2. The first-order valence-electron chi connectivity index (χ1n) is 8.82. The van der Waals surface area contributed by atoms with Crippen molar-refractivity contribution in [1.82, 2.24) is 19.4 Å². The highest BCUT2D eigenvalue weighted by molar-refractivity contribution is 7.99. The first-order valence-corrected chi connectivity index (χ1v) is 9.97. The van der Waals surface area contributed by atoms with Crippen LogP contribution in [0.4, 0.5) is 0 Å².